The fourth-order valence-corrected chi connectivity index (χ4v) is 3.36. The monoisotopic (exact) mass is 406 g/mol. The number of ether oxygens (including phenoxy) is 2. The number of aromatic nitrogens is 1. The summed E-state index contributed by atoms with van der Waals surface area (Å²) in [4.78, 5) is 16.1. The third-order valence-electron chi connectivity index (χ3n) is 4.86. The number of nitriles is 1. The number of fused-ring (bicyclic) bond motifs is 1. The van der Waals surface area contributed by atoms with E-state index in [9.17, 15) is 13.6 Å². The van der Waals surface area contributed by atoms with Gasteiger partial charge in [0.2, 0.25) is 5.88 Å². The minimum absolute atomic E-state index is 0.0171. The lowest BCUT2D eigenvalue weighted by Crippen LogP contribution is -2.17. The fourth-order valence-electron chi connectivity index (χ4n) is 3.36. The van der Waals surface area contributed by atoms with E-state index in [1.54, 1.807) is 31.2 Å². The maximum Gasteiger partial charge on any atom is 0.219 e. The Balaban J connectivity index is 1.60. The van der Waals surface area contributed by atoms with Gasteiger partial charge >= 0.3 is 0 Å². The highest BCUT2D eigenvalue weighted by atomic mass is 19.1. The number of carbonyl (C=O) groups is 1. The largest absolute Gasteiger partial charge is 0.492 e. The Bertz CT molecular complexity index is 1200. The van der Waals surface area contributed by atoms with Gasteiger partial charge in [-0.3, -0.25) is 4.79 Å². The summed E-state index contributed by atoms with van der Waals surface area (Å²) in [6.45, 7) is 1.87. The SMILES string of the molecule is Cc1c(Oc2cc(Cc3ccc(C#N)c(F)c3)ccn2)c(F)cc2c1OCCC2=O. The van der Waals surface area contributed by atoms with Crippen molar-refractivity contribution < 1.29 is 23.0 Å². The van der Waals surface area contributed by atoms with E-state index in [4.69, 9.17) is 14.7 Å². The third kappa shape index (κ3) is 3.72. The van der Waals surface area contributed by atoms with E-state index >= 15 is 0 Å². The van der Waals surface area contributed by atoms with E-state index in [0.717, 1.165) is 11.6 Å². The minimum atomic E-state index is -0.675. The molecule has 1 aromatic heterocycles. The van der Waals surface area contributed by atoms with Crippen LogP contribution in [0.3, 0.4) is 0 Å². The van der Waals surface area contributed by atoms with Crippen LogP contribution in [0.25, 0.3) is 0 Å². The second-order valence-corrected chi connectivity index (χ2v) is 6.92. The number of halogens is 2. The summed E-state index contributed by atoms with van der Waals surface area (Å²) in [5.74, 6) is -0.997. The summed E-state index contributed by atoms with van der Waals surface area (Å²) >= 11 is 0. The van der Waals surface area contributed by atoms with Crippen molar-refractivity contribution in [2.45, 2.75) is 19.8 Å². The Labute approximate surface area is 171 Å². The molecule has 0 bridgehead atoms. The summed E-state index contributed by atoms with van der Waals surface area (Å²) < 4.78 is 39.7. The zero-order valence-corrected chi connectivity index (χ0v) is 16.0. The molecule has 0 amide bonds. The molecule has 0 aliphatic carbocycles. The normalized spacial score (nSPS) is 12.7. The molecule has 5 nitrogen and oxygen atoms in total. The van der Waals surface area contributed by atoms with Crippen LogP contribution < -0.4 is 9.47 Å². The van der Waals surface area contributed by atoms with Gasteiger partial charge in [0, 0.05) is 24.2 Å². The number of carbonyl (C=O) groups excluding carboxylic acids is 1. The third-order valence-corrected chi connectivity index (χ3v) is 4.86. The Hall–Kier alpha value is -3.79. The Morgan fingerprint density at radius 1 is 1.17 bits per heavy atom. The summed E-state index contributed by atoms with van der Waals surface area (Å²) in [5.41, 5.74) is 2.03. The molecule has 0 saturated carbocycles. The molecule has 0 saturated heterocycles. The molecule has 0 fully saturated rings. The average Bonchev–Trinajstić information content (AvgIpc) is 2.72. The van der Waals surface area contributed by atoms with Crippen molar-refractivity contribution in [1.82, 2.24) is 4.98 Å². The molecule has 0 N–H and O–H groups in total. The van der Waals surface area contributed by atoms with Crippen molar-refractivity contribution in [3.05, 3.63) is 82.0 Å². The number of ketones is 1. The number of Topliss-reactive ketones (excluding diaryl/α,β-unsaturated/α-hetero) is 1. The maximum atomic E-state index is 14.6. The van der Waals surface area contributed by atoms with E-state index in [-0.39, 0.29) is 41.6 Å². The zero-order valence-electron chi connectivity index (χ0n) is 16.0. The van der Waals surface area contributed by atoms with Crippen molar-refractivity contribution >= 4 is 5.78 Å². The topological polar surface area (TPSA) is 72.2 Å². The lowest BCUT2D eigenvalue weighted by Gasteiger charge is -2.20. The highest BCUT2D eigenvalue weighted by Gasteiger charge is 2.26. The van der Waals surface area contributed by atoms with E-state index < -0.39 is 11.6 Å². The van der Waals surface area contributed by atoms with Crippen LogP contribution in [0.1, 0.15) is 39.0 Å². The van der Waals surface area contributed by atoms with Gasteiger partial charge in [0.25, 0.3) is 0 Å². The molecule has 3 aromatic rings. The van der Waals surface area contributed by atoms with Gasteiger partial charge in [-0.05, 0) is 48.7 Å². The average molecular weight is 406 g/mol. The number of hydrogen-bond donors (Lipinski definition) is 0. The van der Waals surface area contributed by atoms with Crippen molar-refractivity contribution in [3.8, 4) is 23.4 Å². The van der Waals surface area contributed by atoms with Gasteiger partial charge in [0.1, 0.15) is 17.6 Å². The van der Waals surface area contributed by atoms with Crippen LogP contribution in [0.2, 0.25) is 0 Å². The molecule has 1 aliphatic heterocycles. The summed E-state index contributed by atoms with van der Waals surface area (Å²) in [6.07, 6.45) is 2.10. The first kappa shape index (κ1) is 19.5. The highest BCUT2D eigenvalue weighted by Crippen LogP contribution is 2.38. The van der Waals surface area contributed by atoms with E-state index in [0.29, 0.717) is 23.3 Å². The summed E-state index contributed by atoms with van der Waals surface area (Å²) in [7, 11) is 0. The van der Waals surface area contributed by atoms with E-state index in [1.165, 1.54) is 18.3 Å². The van der Waals surface area contributed by atoms with Crippen molar-refractivity contribution in [3.63, 3.8) is 0 Å². The molecule has 1 aliphatic rings. The van der Waals surface area contributed by atoms with Gasteiger partial charge in [-0.1, -0.05) is 6.07 Å². The lowest BCUT2D eigenvalue weighted by atomic mass is 10.0. The first-order valence-electron chi connectivity index (χ1n) is 9.26. The van der Waals surface area contributed by atoms with Gasteiger partial charge in [-0.2, -0.15) is 5.26 Å². The lowest BCUT2D eigenvalue weighted by molar-refractivity contribution is 0.0931. The standard InChI is InChI=1S/C23H16F2N2O3/c1-13-22-17(20(28)5-7-29-22)11-19(25)23(13)30-21-10-15(4-6-27-21)8-14-2-3-16(12-26)18(24)9-14/h2-4,6,9-11H,5,7-8H2,1H3. The predicted octanol–water partition coefficient (Wildman–Crippen LogP) is 4.89. The molecule has 4 rings (SSSR count). The Morgan fingerprint density at radius 3 is 2.73 bits per heavy atom. The second-order valence-electron chi connectivity index (χ2n) is 6.92. The number of pyridine rings is 1. The molecule has 7 heteroatoms. The minimum Gasteiger partial charge on any atom is -0.492 e. The molecule has 0 radical (unpaired) electrons. The highest BCUT2D eigenvalue weighted by molar-refractivity contribution is 6.00. The molecule has 0 spiro atoms. The van der Waals surface area contributed by atoms with Crippen LogP contribution >= 0.6 is 0 Å². The summed E-state index contributed by atoms with van der Waals surface area (Å²) in [5, 5.41) is 8.84. The van der Waals surface area contributed by atoms with Crippen molar-refractivity contribution in [2.24, 2.45) is 0 Å². The Kier molecular flexibility index (Phi) is 5.15. The molecule has 2 aromatic carbocycles. The van der Waals surface area contributed by atoms with Gasteiger partial charge in [-0.15, -0.1) is 0 Å². The number of hydrogen-bond acceptors (Lipinski definition) is 5. The van der Waals surface area contributed by atoms with Gasteiger partial charge < -0.3 is 9.47 Å². The molecular formula is C23H16F2N2O3. The van der Waals surface area contributed by atoms with Crippen LogP contribution in [-0.4, -0.2) is 17.4 Å². The van der Waals surface area contributed by atoms with Crippen LogP contribution in [0, 0.1) is 29.9 Å². The Morgan fingerprint density at radius 2 is 1.97 bits per heavy atom. The van der Waals surface area contributed by atoms with Gasteiger partial charge in [-0.25, -0.2) is 13.8 Å². The first-order chi connectivity index (χ1) is 14.5. The molecule has 150 valence electrons. The van der Waals surface area contributed by atoms with E-state index in [2.05, 4.69) is 4.98 Å². The zero-order chi connectivity index (χ0) is 21.3. The molecule has 30 heavy (non-hydrogen) atoms. The van der Waals surface area contributed by atoms with Crippen LogP contribution in [-0.2, 0) is 6.42 Å². The van der Waals surface area contributed by atoms with E-state index in [1.807, 2.05) is 0 Å². The number of rotatable bonds is 4. The van der Waals surface area contributed by atoms with Gasteiger partial charge in [0.15, 0.2) is 17.3 Å². The molecule has 0 unspecified atom stereocenters. The number of nitrogens with zero attached hydrogens (tertiary/aromatic N) is 2. The van der Waals surface area contributed by atoms with Gasteiger partial charge in [0.05, 0.1) is 17.7 Å². The predicted molar refractivity (Wildman–Crippen MR) is 104 cm³/mol. The fraction of sp³-hybridized carbons (Fsp3) is 0.174. The smallest absolute Gasteiger partial charge is 0.219 e. The summed E-state index contributed by atoms with van der Waals surface area (Å²) in [6, 6.07) is 10.7. The van der Waals surface area contributed by atoms with Crippen molar-refractivity contribution in [1.29, 1.82) is 5.26 Å². The van der Waals surface area contributed by atoms with Crippen LogP contribution in [0.4, 0.5) is 8.78 Å². The first-order valence-corrected chi connectivity index (χ1v) is 9.26. The van der Waals surface area contributed by atoms with Crippen LogP contribution in [0.15, 0.2) is 42.6 Å². The van der Waals surface area contributed by atoms with Crippen LogP contribution in [0.5, 0.6) is 17.4 Å². The second kappa shape index (κ2) is 7.91. The van der Waals surface area contributed by atoms with Crippen molar-refractivity contribution in [2.75, 3.05) is 6.61 Å². The maximum absolute atomic E-state index is 14.6. The molecular weight excluding hydrogens is 390 g/mol. The quantitative estimate of drug-likeness (QED) is 0.617. The molecule has 0 atom stereocenters. The molecule has 2 heterocycles. The number of benzene rings is 2.